The van der Waals surface area contributed by atoms with Gasteiger partial charge in [-0.25, -0.2) is 0 Å². The Morgan fingerprint density at radius 3 is 2.52 bits per heavy atom. The molecule has 0 aliphatic rings. The van der Waals surface area contributed by atoms with E-state index in [0.717, 1.165) is 5.56 Å². The summed E-state index contributed by atoms with van der Waals surface area (Å²) in [5, 5.41) is 10.5. The van der Waals surface area contributed by atoms with E-state index in [0.29, 0.717) is 23.3 Å². The summed E-state index contributed by atoms with van der Waals surface area (Å²) >= 11 is 0. The number of carbonyl (C=O) groups is 1. The Balaban J connectivity index is 2.17. The topological polar surface area (TPSA) is 55.8 Å². The Hall–Kier alpha value is -2.33. The molecule has 2 aromatic carbocycles. The van der Waals surface area contributed by atoms with Gasteiger partial charge in [-0.15, -0.1) is 0 Å². The lowest BCUT2D eigenvalue weighted by atomic mass is 9.97. The van der Waals surface area contributed by atoms with E-state index in [1.54, 1.807) is 32.2 Å². The van der Waals surface area contributed by atoms with Crippen molar-refractivity contribution in [2.75, 3.05) is 13.7 Å². The summed E-state index contributed by atoms with van der Waals surface area (Å²) in [6, 6.07) is 14.2. The van der Waals surface area contributed by atoms with Crippen LogP contribution in [0.5, 0.6) is 11.5 Å². The third-order valence-corrected chi connectivity index (χ3v) is 3.25. The number of hydrogen-bond donors (Lipinski definition) is 1. The lowest BCUT2D eigenvalue weighted by molar-refractivity contribution is 0.00733. The molecule has 110 valence electrons. The summed E-state index contributed by atoms with van der Waals surface area (Å²) in [6.07, 6.45) is 0.714. The largest absolute Gasteiger partial charge is 0.497 e. The number of hydrogen-bond acceptors (Lipinski definition) is 4. The van der Waals surface area contributed by atoms with Gasteiger partial charge in [0.1, 0.15) is 23.7 Å². The van der Waals surface area contributed by atoms with E-state index in [-0.39, 0.29) is 6.61 Å². The summed E-state index contributed by atoms with van der Waals surface area (Å²) < 4.78 is 10.7. The summed E-state index contributed by atoms with van der Waals surface area (Å²) in [6.45, 7) is 1.70. The molecule has 0 bridgehead atoms. The van der Waals surface area contributed by atoms with E-state index < -0.39 is 5.60 Å². The van der Waals surface area contributed by atoms with Gasteiger partial charge in [0, 0.05) is 6.07 Å². The number of aliphatic hydroxyl groups is 1. The Morgan fingerprint density at radius 2 is 1.90 bits per heavy atom. The molecular weight excluding hydrogens is 268 g/mol. The molecule has 1 unspecified atom stereocenters. The molecule has 0 aliphatic carbocycles. The molecular formula is C17H18O4. The van der Waals surface area contributed by atoms with Gasteiger partial charge in [-0.2, -0.15) is 0 Å². The van der Waals surface area contributed by atoms with E-state index in [4.69, 9.17) is 9.47 Å². The van der Waals surface area contributed by atoms with Crippen LogP contribution in [0.25, 0.3) is 0 Å². The normalized spacial score (nSPS) is 13.3. The monoisotopic (exact) mass is 286 g/mol. The minimum atomic E-state index is -1.15. The van der Waals surface area contributed by atoms with Gasteiger partial charge in [0.15, 0.2) is 6.29 Å². The smallest absolute Gasteiger partial charge is 0.153 e. The average Bonchev–Trinajstić information content (AvgIpc) is 2.53. The van der Waals surface area contributed by atoms with Crippen LogP contribution in [-0.2, 0) is 5.60 Å². The van der Waals surface area contributed by atoms with Crippen LogP contribution in [0.4, 0.5) is 0 Å². The predicted molar refractivity (Wildman–Crippen MR) is 79.9 cm³/mol. The van der Waals surface area contributed by atoms with Crippen molar-refractivity contribution in [3.63, 3.8) is 0 Å². The predicted octanol–water partition coefficient (Wildman–Crippen LogP) is 2.79. The van der Waals surface area contributed by atoms with E-state index in [2.05, 4.69) is 0 Å². The highest BCUT2D eigenvalue weighted by Crippen LogP contribution is 2.27. The molecule has 21 heavy (non-hydrogen) atoms. The van der Waals surface area contributed by atoms with Gasteiger partial charge < -0.3 is 14.6 Å². The molecule has 2 aromatic rings. The third-order valence-electron chi connectivity index (χ3n) is 3.25. The summed E-state index contributed by atoms with van der Waals surface area (Å²) in [7, 11) is 1.54. The zero-order valence-corrected chi connectivity index (χ0v) is 12.1. The molecule has 0 fully saturated rings. The Labute approximate surface area is 123 Å². The van der Waals surface area contributed by atoms with E-state index in [9.17, 15) is 9.90 Å². The molecule has 4 nitrogen and oxygen atoms in total. The van der Waals surface area contributed by atoms with Crippen molar-refractivity contribution in [1.29, 1.82) is 0 Å². The zero-order chi connectivity index (χ0) is 15.3. The van der Waals surface area contributed by atoms with Crippen molar-refractivity contribution in [1.82, 2.24) is 0 Å². The fourth-order valence-electron chi connectivity index (χ4n) is 1.96. The first-order valence-corrected chi connectivity index (χ1v) is 6.61. The first-order chi connectivity index (χ1) is 10.1. The molecule has 0 amide bonds. The molecule has 4 heteroatoms. The lowest BCUT2D eigenvalue weighted by Crippen LogP contribution is -2.29. The SMILES string of the molecule is COc1ccc(C=O)c(OCC(C)(O)c2ccccc2)c1. The number of ether oxygens (including phenoxy) is 2. The number of methoxy groups -OCH3 is 1. The molecule has 0 spiro atoms. The lowest BCUT2D eigenvalue weighted by Gasteiger charge is -2.24. The van der Waals surface area contributed by atoms with Crippen molar-refractivity contribution in [3.05, 3.63) is 59.7 Å². The van der Waals surface area contributed by atoms with Crippen LogP contribution in [0.3, 0.4) is 0 Å². The molecule has 0 heterocycles. The molecule has 0 radical (unpaired) electrons. The van der Waals surface area contributed by atoms with Crippen LogP contribution in [0.2, 0.25) is 0 Å². The maximum atomic E-state index is 11.0. The van der Waals surface area contributed by atoms with E-state index >= 15 is 0 Å². The van der Waals surface area contributed by atoms with Crippen molar-refractivity contribution in [3.8, 4) is 11.5 Å². The van der Waals surface area contributed by atoms with Crippen molar-refractivity contribution < 1.29 is 19.4 Å². The molecule has 1 N–H and O–H groups in total. The van der Waals surface area contributed by atoms with Crippen molar-refractivity contribution >= 4 is 6.29 Å². The molecule has 0 aliphatic heterocycles. The van der Waals surface area contributed by atoms with Crippen LogP contribution in [0.15, 0.2) is 48.5 Å². The van der Waals surface area contributed by atoms with Crippen LogP contribution >= 0.6 is 0 Å². The number of aldehydes is 1. The van der Waals surface area contributed by atoms with Gasteiger partial charge in [-0.3, -0.25) is 4.79 Å². The van der Waals surface area contributed by atoms with Crippen LogP contribution in [0, 0.1) is 0 Å². The summed E-state index contributed by atoms with van der Waals surface area (Å²) in [5.41, 5.74) is 0.0185. The third kappa shape index (κ3) is 3.61. The van der Waals surface area contributed by atoms with Crippen LogP contribution in [-0.4, -0.2) is 25.1 Å². The van der Waals surface area contributed by atoms with Crippen LogP contribution in [0.1, 0.15) is 22.8 Å². The first kappa shape index (κ1) is 15.1. The molecule has 0 aromatic heterocycles. The quantitative estimate of drug-likeness (QED) is 0.830. The number of rotatable bonds is 6. The average molecular weight is 286 g/mol. The second-order valence-electron chi connectivity index (χ2n) is 4.95. The van der Waals surface area contributed by atoms with Gasteiger partial charge in [0.2, 0.25) is 0 Å². The van der Waals surface area contributed by atoms with Crippen molar-refractivity contribution in [2.24, 2.45) is 0 Å². The van der Waals surface area contributed by atoms with Gasteiger partial charge in [-0.05, 0) is 24.6 Å². The summed E-state index contributed by atoms with van der Waals surface area (Å²) in [5.74, 6) is 0.982. The molecule has 0 saturated carbocycles. The minimum absolute atomic E-state index is 0.0328. The fraction of sp³-hybridized carbons (Fsp3) is 0.235. The van der Waals surface area contributed by atoms with Gasteiger partial charge in [-0.1, -0.05) is 30.3 Å². The Kier molecular flexibility index (Phi) is 4.60. The maximum absolute atomic E-state index is 11.0. The Bertz CT molecular complexity index is 605. The standard InChI is InChI=1S/C17H18O4/c1-17(19,14-6-4-3-5-7-14)12-21-16-10-15(20-2)9-8-13(16)11-18/h3-11,19H,12H2,1-2H3. The fourth-order valence-corrected chi connectivity index (χ4v) is 1.96. The van der Waals surface area contributed by atoms with Gasteiger partial charge in [0.05, 0.1) is 12.7 Å². The van der Waals surface area contributed by atoms with Crippen LogP contribution < -0.4 is 9.47 Å². The van der Waals surface area contributed by atoms with E-state index in [1.807, 2.05) is 30.3 Å². The van der Waals surface area contributed by atoms with E-state index in [1.165, 1.54) is 0 Å². The molecule has 2 rings (SSSR count). The van der Waals surface area contributed by atoms with Gasteiger partial charge >= 0.3 is 0 Å². The second-order valence-corrected chi connectivity index (χ2v) is 4.95. The second kappa shape index (κ2) is 6.41. The minimum Gasteiger partial charge on any atom is -0.497 e. The molecule has 0 saturated heterocycles. The maximum Gasteiger partial charge on any atom is 0.153 e. The number of carbonyl (C=O) groups excluding carboxylic acids is 1. The first-order valence-electron chi connectivity index (χ1n) is 6.61. The Morgan fingerprint density at radius 1 is 1.19 bits per heavy atom. The highest BCUT2D eigenvalue weighted by atomic mass is 16.5. The summed E-state index contributed by atoms with van der Waals surface area (Å²) in [4.78, 5) is 11.0. The van der Waals surface area contributed by atoms with Crippen molar-refractivity contribution in [2.45, 2.75) is 12.5 Å². The molecule has 1 atom stereocenters. The highest BCUT2D eigenvalue weighted by Gasteiger charge is 2.24. The zero-order valence-electron chi connectivity index (χ0n) is 12.1. The van der Waals surface area contributed by atoms with Gasteiger partial charge in [0.25, 0.3) is 0 Å². The number of benzene rings is 2. The highest BCUT2D eigenvalue weighted by molar-refractivity contribution is 5.79.